The molecule has 0 bridgehead atoms. The molecule has 7 N–H and O–H groups in total. The van der Waals surface area contributed by atoms with Crippen LogP contribution in [-0.2, 0) is 14.3 Å². The first-order valence-electron chi connectivity index (χ1n) is 21.2. The minimum absolute atomic E-state index is 0.341. The molecule has 310 valence electrons. The summed E-state index contributed by atoms with van der Waals surface area (Å²) in [5, 5.41) is 64.4. The highest BCUT2D eigenvalue weighted by Gasteiger charge is 2.44. The van der Waals surface area contributed by atoms with Crippen molar-refractivity contribution < 1.29 is 44.9 Å². The molecule has 1 aliphatic heterocycles. The summed E-state index contributed by atoms with van der Waals surface area (Å²) in [4.78, 5) is 13.0. The van der Waals surface area contributed by atoms with Gasteiger partial charge in [-0.1, -0.05) is 159 Å². The zero-order valence-corrected chi connectivity index (χ0v) is 33.6. The van der Waals surface area contributed by atoms with Gasteiger partial charge in [0.25, 0.3) is 5.91 Å². The fourth-order valence-electron chi connectivity index (χ4n) is 6.57. The third kappa shape index (κ3) is 23.8. The minimum Gasteiger partial charge on any atom is -0.394 e. The molecule has 0 saturated carbocycles. The van der Waals surface area contributed by atoms with Gasteiger partial charge in [-0.3, -0.25) is 4.79 Å². The van der Waals surface area contributed by atoms with Crippen LogP contribution in [0.2, 0.25) is 0 Å². The van der Waals surface area contributed by atoms with Gasteiger partial charge < -0.3 is 45.4 Å². The van der Waals surface area contributed by atoms with Crippen molar-refractivity contribution in [2.45, 2.75) is 217 Å². The molecule has 1 aliphatic rings. The van der Waals surface area contributed by atoms with Crippen LogP contribution >= 0.6 is 0 Å². The first kappa shape index (κ1) is 49.4. The number of unbranched alkanes of at least 4 members (excludes halogenated alkanes) is 19. The summed E-state index contributed by atoms with van der Waals surface area (Å²) in [6.07, 6.45) is 26.3. The molecule has 0 spiro atoms. The summed E-state index contributed by atoms with van der Waals surface area (Å²) in [5.74, 6) is -0.713. The largest absolute Gasteiger partial charge is 0.394 e. The van der Waals surface area contributed by atoms with E-state index >= 15 is 0 Å². The highest BCUT2D eigenvalue weighted by atomic mass is 16.7. The third-order valence-corrected chi connectivity index (χ3v) is 10.2. The van der Waals surface area contributed by atoms with Crippen LogP contribution in [0, 0.1) is 0 Å². The molecule has 0 radical (unpaired) electrons. The van der Waals surface area contributed by atoms with Gasteiger partial charge >= 0.3 is 0 Å². The van der Waals surface area contributed by atoms with E-state index in [0.29, 0.717) is 6.42 Å². The van der Waals surface area contributed by atoms with Gasteiger partial charge in [-0.05, 0) is 45.4 Å². The van der Waals surface area contributed by atoms with Crippen LogP contribution in [-0.4, -0.2) is 98.7 Å². The molecule has 1 rings (SSSR count). The van der Waals surface area contributed by atoms with Gasteiger partial charge in [0.2, 0.25) is 0 Å². The molecular weight excluding hydrogens is 674 g/mol. The number of hydrogen-bond acceptors (Lipinski definition) is 9. The third-order valence-electron chi connectivity index (χ3n) is 10.2. The molecule has 8 atom stereocenters. The molecule has 0 aromatic heterocycles. The summed E-state index contributed by atoms with van der Waals surface area (Å²) in [6, 6.07) is -1.03. The quantitative estimate of drug-likeness (QED) is 0.0274. The van der Waals surface area contributed by atoms with Crippen molar-refractivity contribution in [1.29, 1.82) is 0 Å². The minimum atomic E-state index is -1.62. The Hall–Kier alpha value is -1.63. The Kier molecular flexibility index (Phi) is 30.4. The summed E-state index contributed by atoms with van der Waals surface area (Å²) in [6.45, 7) is 5.67. The summed E-state index contributed by atoms with van der Waals surface area (Å²) >= 11 is 0. The monoisotopic (exact) mass is 754 g/mol. The maximum atomic E-state index is 13.0. The Morgan fingerprint density at radius 1 is 0.698 bits per heavy atom. The normalized spacial score (nSPS) is 22.8. The Morgan fingerprint density at radius 2 is 1.23 bits per heavy atom. The van der Waals surface area contributed by atoms with Crippen LogP contribution in [0.3, 0.4) is 0 Å². The second kappa shape index (κ2) is 32.6. The van der Waals surface area contributed by atoms with E-state index in [1.807, 2.05) is 6.08 Å². The fraction of sp³-hybridized carbons (Fsp3) is 0.837. The molecule has 53 heavy (non-hydrogen) atoms. The SMILES string of the molecule is CCCCCCCCCCCCCCC=C[C@H](O)C(=O)N[C@H](CO[C@@H]1O[C@@H](CO)[C@H](O)[C@@H](O)[C@@H]1O)[C@H](O)C=CCCC=C(C)CCCCCCCCC. The number of carbonyl (C=O) groups excluding carboxylic acids is 1. The summed E-state index contributed by atoms with van der Waals surface area (Å²) in [5.41, 5.74) is 1.35. The average Bonchev–Trinajstić information content (AvgIpc) is 3.15. The van der Waals surface area contributed by atoms with E-state index in [9.17, 15) is 35.4 Å². The number of nitrogens with one attached hydrogen (secondary N) is 1. The second-order valence-electron chi connectivity index (χ2n) is 15.1. The van der Waals surface area contributed by atoms with E-state index in [1.54, 1.807) is 12.2 Å². The maximum Gasteiger partial charge on any atom is 0.253 e. The van der Waals surface area contributed by atoms with Crippen LogP contribution in [0.5, 0.6) is 0 Å². The van der Waals surface area contributed by atoms with Crippen molar-refractivity contribution in [3.8, 4) is 0 Å². The number of carbonyl (C=O) groups is 1. The van der Waals surface area contributed by atoms with E-state index in [1.165, 1.54) is 121 Å². The van der Waals surface area contributed by atoms with Gasteiger partial charge in [0, 0.05) is 0 Å². The van der Waals surface area contributed by atoms with Gasteiger partial charge in [-0.25, -0.2) is 0 Å². The summed E-state index contributed by atoms with van der Waals surface area (Å²) in [7, 11) is 0. The number of aliphatic hydroxyl groups excluding tert-OH is 6. The lowest BCUT2D eigenvalue weighted by molar-refractivity contribution is -0.302. The van der Waals surface area contributed by atoms with Crippen LogP contribution in [0.1, 0.15) is 168 Å². The van der Waals surface area contributed by atoms with Crippen LogP contribution in [0.15, 0.2) is 36.0 Å². The van der Waals surface area contributed by atoms with Gasteiger partial charge in [0.1, 0.15) is 24.4 Å². The van der Waals surface area contributed by atoms with Gasteiger partial charge in [0.05, 0.1) is 25.4 Å². The predicted octanol–water partition coefficient (Wildman–Crippen LogP) is 7.08. The van der Waals surface area contributed by atoms with Crippen molar-refractivity contribution in [3.63, 3.8) is 0 Å². The predicted molar refractivity (Wildman–Crippen MR) is 213 cm³/mol. The number of allylic oxidation sites excluding steroid dienone is 4. The first-order chi connectivity index (χ1) is 25.7. The smallest absolute Gasteiger partial charge is 0.253 e. The topological polar surface area (TPSA) is 169 Å². The van der Waals surface area contributed by atoms with Crippen molar-refractivity contribution >= 4 is 5.91 Å². The molecule has 1 amide bonds. The fourth-order valence-corrected chi connectivity index (χ4v) is 6.57. The zero-order chi connectivity index (χ0) is 39.1. The number of ether oxygens (including phenoxy) is 2. The molecule has 1 saturated heterocycles. The van der Waals surface area contributed by atoms with Crippen molar-refractivity contribution in [1.82, 2.24) is 5.32 Å². The standard InChI is InChI=1S/C43H79NO9/c1-4-6-8-10-12-13-14-15-16-17-18-20-22-26-31-37(47)42(51)44-35(33-52-43-41(50)40(49)39(48)38(32-45)53-43)36(46)30-27-23-25-29-34(3)28-24-21-19-11-9-7-5-2/h26-27,29-31,35-41,43,45-50H,4-25,28,32-33H2,1-3H3,(H,44,51)/t35-,36-,37+,38+,39+,40-,41+,43-/m1/s1. The van der Waals surface area contributed by atoms with Gasteiger partial charge in [-0.2, -0.15) is 0 Å². The molecule has 1 heterocycles. The van der Waals surface area contributed by atoms with Crippen molar-refractivity contribution in [3.05, 3.63) is 36.0 Å². The summed E-state index contributed by atoms with van der Waals surface area (Å²) < 4.78 is 11.1. The van der Waals surface area contributed by atoms with E-state index in [2.05, 4.69) is 32.2 Å². The van der Waals surface area contributed by atoms with Gasteiger partial charge in [-0.15, -0.1) is 0 Å². The second-order valence-corrected chi connectivity index (χ2v) is 15.1. The Bertz CT molecular complexity index is 971. The number of amides is 1. The van der Waals surface area contributed by atoms with E-state index < -0.39 is 61.5 Å². The van der Waals surface area contributed by atoms with Gasteiger partial charge in [0.15, 0.2) is 12.4 Å². The lowest BCUT2D eigenvalue weighted by Crippen LogP contribution is -2.60. The molecular formula is C43H79NO9. The van der Waals surface area contributed by atoms with E-state index in [4.69, 9.17) is 9.47 Å². The molecule has 0 unspecified atom stereocenters. The molecule has 0 aromatic rings. The van der Waals surface area contributed by atoms with Crippen LogP contribution in [0.4, 0.5) is 0 Å². The van der Waals surface area contributed by atoms with Crippen LogP contribution in [0.25, 0.3) is 0 Å². The number of rotatable bonds is 33. The Morgan fingerprint density at radius 3 is 1.79 bits per heavy atom. The number of aliphatic hydroxyl groups is 6. The van der Waals surface area contributed by atoms with E-state index in [-0.39, 0.29) is 6.61 Å². The van der Waals surface area contributed by atoms with Crippen molar-refractivity contribution in [2.24, 2.45) is 0 Å². The highest BCUT2D eigenvalue weighted by molar-refractivity contribution is 5.82. The molecule has 10 heteroatoms. The lowest BCUT2D eigenvalue weighted by Gasteiger charge is -2.40. The molecule has 0 aliphatic carbocycles. The average molecular weight is 754 g/mol. The first-order valence-corrected chi connectivity index (χ1v) is 21.2. The van der Waals surface area contributed by atoms with E-state index in [0.717, 1.165) is 32.1 Å². The molecule has 0 aromatic carbocycles. The van der Waals surface area contributed by atoms with Crippen LogP contribution < -0.4 is 5.32 Å². The Balaban J connectivity index is 2.59. The lowest BCUT2D eigenvalue weighted by atomic mass is 9.99. The zero-order valence-electron chi connectivity index (χ0n) is 33.6. The van der Waals surface area contributed by atoms with Crippen molar-refractivity contribution in [2.75, 3.05) is 13.2 Å². The molecule has 10 nitrogen and oxygen atoms in total. The number of hydrogen-bond donors (Lipinski definition) is 7. The molecule has 1 fully saturated rings. The Labute approximate surface area is 322 Å². The maximum absolute atomic E-state index is 13.0. The highest BCUT2D eigenvalue weighted by Crippen LogP contribution is 2.22.